The molecular formula is C14H20N4. The predicted octanol–water partition coefficient (Wildman–Crippen LogP) is 2.14. The van der Waals surface area contributed by atoms with Gasteiger partial charge in [0.15, 0.2) is 0 Å². The third kappa shape index (κ3) is 3.03. The minimum Gasteiger partial charge on any atom is -0.385 e. The molecule has 0 bridgehead atoms. The molecule has 0 unspecified atom stereocenters. The number of nitrogens with one attached hydrogen (secondary N) is 1. The first-order chi connectivity index (χ1) is 8.66. The van der Waals surface area contributed by atoms with Crippen molar-refractivity contribution >= 4 is 11.4 Å². The number of hydrogen-bond donors (Lipinski definition) is 1. The van der Waals surface area contributed by atoms with E-state index in [-0.39, 0.29) is 0 Å². The Morgan fingerprint density at radius 3 is 2.44 bits per heavy atom. The number of hydrogen-bond acceptors (Lipinski definition) is 3. The smallest absolute Gasteiger partial charge is 0.0492 e. The Balaban J connectivity index is 1.85. The summed E-state index contributed by atoms with van der Waals surface area (Å²) in [7, 11) is 6.07. The second-order valence-corrected chi connectivity index (χ2v) is 4.56. The van der Waals surface area contributed by atoms with E-state index in [1.165, 1.54) is 11.4 Å². The fourth-order valence-corrected chi connectivity index (χ4v) is 1.86. The van der Waals surface area contributed by atoms with Crippen molar-refractivity contribution in [1.82, 2.24) is 9.78 Å². The molecule has 0 radical (unpaired) electrons. The highest BCUT2D eigenvalue weighted by Crippen LogP contribution is 2.15. The fraction of sp³-hybridized carbons (Fsp3) is 0.357. The van der Waals surface area contributed by atoms with Gasteiger partial charge in [0.1, 0.15) is 0 Å². The predicted molar refractivity (Wildman–Crippen MR) is 76.2 cm³/mol. The van der Waals surface area contributed by atoms with Crippen LogP contribution in [-0.2, 0) is 13.5 Å². The Morgan fingerprint density at radius 1 is 1.17 bits per heavy atom. The van der Waals surface area contributed by atoms with Gasteiger partial charge in [0.25, 0.3) is 0 Å². The van der Waals surface area contributed by atoms with Crippen LogP contribution in [-0.4, -0.2) is 30.4 Å². The van der Waals surface area contributed by atoms with Gasteiger partial charge < -0.3 is 10.2 Å². The summed E-state index contributed by atoms with van der Waals surface area (Å²) in [6, 6.07) is 10.5. The van der Waals surface area contributed by atoms with Crippen LogP contribution in [0.25, 0.3) is 0 Å². The van der Waals surface area contributed by atoms with Crippen molar-refractivity contribution in [2.75, 3.05) is 30.9 Å². The number of aromatic nitrogens is 2. The molecule has 1 aromatic heterocycles. The summed E-state index contributed by atoms with van der Waals surface area (Å²) in [6.45, 7) is 0.918. The summed E-state index contributed by atoms with van der Waals surface area (Å²) in [5.74, 6) is 0. The summed E-state index contributed by atoms with van der Waals surface area (Å²) in [4.78, 5) is 2.10. The van der Waals surface area contributed by atoms with Gasteiger partial charge in [-0.05, 0) is 30.3 Å². The van der Waals surface area contributed by atoms with E-state index in [2.05, 4.69) is 45.6 Å². The molecule has 4 nitrogen and oxygen atoms in total. The molecule has 0 fully saturated rings. The minimum absolute atomic E-state index is 0.918. The molecule has 18 heavy (non-hydrogen) atoms. The quantitative estimate of drug-likeness (QED) is 0.874. The molecule has 4 heteroatoms. The topological polar surface area (TPSA) is 33.1 Å². The molecule has 96 valence electrons. The van der Waals surface area contributed by atoms with E-state index in [1.54, 1.807) is 0 Å². The molecule has 0 aliphatic carbocycles. The van der Waals surface area contributed by atoms with Crippen LogP contribution in [0, 0.1) is 0 Å². The third-order valence-corrected chi connectivity index (χ3v) is 3.02. The molecular weight excluding hydrogens is 224 g/mol. The number of nitrogens with zero attached hydrogens (tertiary/aromatic N) is 3. The standard InChI is InChI=1S/C14H20N4/c1-17(2)13-6-4-12(5-7-13)15-10-8-14-9-11-16-18(14)3/h4-7,9,11,15H,8,10H2,1-3H3. The number of anilines is 2. The zero-order chi connectivity index (χ0) is 13.0. The van der Waals surface area contributed by atoms with Crippen LogP contribution >= 0.6 is 0 Å². The lowest BCUT2D eigenvalue weighted by atomic mass is 10.2. The van der Waals surface area contributed by atoms with Crippen LogP contribution in [0.5, 0.6) is 0 Å². The van der Waals surface area contributed by atoms with Gasteiger partial charge in [0, 0.05) is 57.4 Å². The zero-order valence-corrected chi connectivity index (χ0v) is 11.2. The van der Waals surface area contributed by atoms with E-state index in [1.807, 2.05) is 32.0 Å². The Labute approximate surface area is 108 Å². The second kappa shape index (κ2) is 5.58. The van der Waals surface area contributed by atoms with E-state index < -0.39 is 0 Å². The Hall–Kier alpha value is -1.97. The number of rotatable bonds is 5. The van der Waals surface area contributed by atoms with Gasteiger partial charge in [0.05, 0.1) is 0 Å². The molecule has 1 N–H and O–H groups in total. The van der Waals surface area contributed by atoms with Gasteiger partial charge in [-0.2, -0.15) is 5.10 Å². The van der Waals surface area contributed by atoms with Crippen molar-refractivity contribution < 1.29 is 0 Å². The van der Waals surface area contributed by atoms with E-state index >= 15 is 0 Å². The van der Waals surface area contributed by atoms with E-state index in [9.17, 15) is 0 Å². The molecule has 0 aliphatic rings. The van der Waals surface area contributed by atoms with Crippen LogP contribution in [0.2, 0.25) is 0 Å². The second-order valence-electron chi connectivity index (χ2n) is 4.56. The van der Waals surface area contributed by atoms with E-state index in [0.717, 1.165) is 18.7 Å². The van der Waals surface area contributed by atoms with Crippen molar-refractivity contribution in [2.45, 2.75) is 6.42 Å². The number of benzene rings is 1. The monoisotopic (exact) mass is 244 g/mol. The van der Waals surface area contributed by atoms with Gasteiger partial charge >= 0.3 is 0 Å². The first-order valence-corrected chi connectivity index (χ1v) is 6.15. The van der Waals surface area contributed by atoms with Crippen LogP contribution in [0.15, 0.2) is 36.5 Å². The van der Waals surface area contributed by atoms with Crippen molar-refractivity contribution in [3.63, 3.8) is 0 Å². The lowest BCUT2D eigenvalue weighted by molar-refractivity contribution is 0.711. The molecule has 2 rings (SSSR count). The number of aryl methyl sites for hydroxylation is 1. The fourth-order valence-electron chi connectivity index (χ4n) is 1.86. The summed E-state index contributed by atoms with van der Waals surface area (Å²) in [5.41, 5.74) is 3.61. The molecule has 1 heterocycles. The summed E-state index contributed by atoms with van der Waals surface area (Å²) in [6.07, 6.45) is 2.81. The van der Waals surface area contributed by atoms with Crippen LogP contribution in [0.1, 0.15) is 5.69 Å². The highest BCUT2D eigenvalue weighted by molar-refractivity contribution is 5.54. The molecule has 0 aliphatic heterocycles. The van der Waals surface area contributed by atoms with Gasteiger partial charge in [0.2, 0.25) is 0 Å². The lowest BCUT2D eigenvalue weighted by Crippen LogP contribution is -2.10. The van der Waals surface area contributed by atoms with E-state index in [4.69, 9.17) is 0 Å². The van der Waals surface area contributed by atoms with Gasteiger partial charge in [-0.1, -0.05) is 0 Å². The Bertz CT molecular complexity index is 485. The van der Waals surface area contributed by atoms with Crippen molar-refractivity contribution in [1.29, 1.82) is 0 Å². The van der Waals surface area contributed by atoms with Gasteiger partial charge in [-0.15, -0.1) is 0 Å². The van der Waals surface area contributed by atoms with Crippen molar-refractivity contribution in [2.24, 2.45) is 7.05 Å². The molecule has 0 spiro atoms. The zero-order valence-electron chi connectivity index (χ0n) is 11.2. The average molecular weight is 244 g/mol. The first kappa shape index (κ1) is 12.5. The summed E-state index contributed by atoms with van der Waals surface area (Å²) in [5, 5.41) is 7.57. The summed E-state index contributed by atoms with van der Waals surface area (Å²) < 4.78 is 1.91. The largest absolute Gasteiger partial charge is 0.385 e. The van der Waals surface area contributed by atoms with Gasteiger partial charge in [-0.3, -0.25) is 4.68 Å². The van der Waals surface area contributed by atoms with E-state index in [0.29, 0.717) is 0 Å². The average Bonchev–Trinajstić information content (AvgIpc) is 2.76. The summed E-state index contributed by atoms with van der Waals surface area (Å²) >= 11 is 0. The lowest BCUT2D eigenvalue weighted by Gasteiger charge is -2.13. The van der Waals surface area contributed by atoms with Crippen molar-refractivity contribution in [3.8, 4) is 0 Å². The molecule has 2 aromatic rings. The van der Waals surface area contributed by atoms with Crippen molar-refractivity contribution in [3.05, 3.63) is 42.2 Å². The first-order valence-electron chi connectivity index (χ1n) is 6.15. The molecule has 0 saturated carbocycles. The van der Waals surface area contributed by atoms with Crippen LogP contribution in [0.4, 0.5) is 11.4 Å². The molecule has 1 aromatic carbocycles. The maximum Gasteiger partial charge on any atom is 0.0492 e. The Morgan fingerprint density at radius 2 is 1.89 bits per heavy atom. The molecule has 0 amide bonds. The highest BCUT2D eigenvalue weighted by Gasteiger charge is 1.99. The SMILES string of the molecule is CN(C)c1ccc(NCCc2ccnn2C)cc1. The highest BCUT2D eigenvalue weighted by atomic mass is 15.3. The minimum atomic E-state index is 0.918. The molecule has 0 atom stereocenters. The third-order valence-electron chi connectivity index (χ3n) is 3.02. The van der Waals surface area contributed by atoms with Gasteiger partial charge in [-0.25, -0.2) is 0 Å². The normalized spacial score (nSPS) is 10.4. The molecule has 0 saturated heterocycles. The van der Waals surface area contributed by atoms with Crippen LogP contribution < -0.4 is 10.2 Å². The Kier molecular flexibility index (Phi) is 3.87. The maximum absolute atomic E-state index is 4.16. The maximum atomic E-state index is 4.16. The van der Waals surface area contributed by atoms with Crippen LogP contribution in [0.3, 0.4) is 0 Å².